The van der Waals surface area contributed by atoms with Crippen LogP contribution in [0.15, 0.2) is 61.9 Å². The Balaban J connectivity index is 1.97. The van der Waals surface area contributed by atoms with Gasteiger partial charge in [0.1, 0.15) is 11.5 Å². The molecule has 0 unspecified atom stereocenters. The zero-order valence-corrected chi connectivity index (χ0v) is 21.9. The number of halogens is 2. The Morgan fingerprint density at radius 1 is 1.15 bits per heavy atom. The molecule has 0 bridgehead atoms. The summed E-state index contributed by atoms with van der Waals surface area (Å²) < 4.78 is 18.5. The minimum absolute atomic E-state index is 0.286. The van der Waals surface area contributed by atoms with E-state index in [1.807, 2.05) is 6.07 Å². The number of thiazole rings is 1. The summed E-state index contributed by atoms with van der Waals surface area (Å²) in [5, 5.41) is 0.550. The first kappa shape index (κ1) is 24.3. The molecule has 10 heteroatoms. The summed E-state index contributed by atoms with van der Waals surface area (Å²) in [6.45, 7) is 1.73. The molecule has 0 aliphatic carbocycles. The fourth-order valence-corrected chi connectivity index (χ4v) is 5.48. The van der Waals surface area contributed by atoms with Crippen molar-refractivity contribution in [1.29, 1.82) is 0 Å². The van der Waals surface area contributed by atoms with Gasteiger partial charge in [-0.15, -0.1) is 0 Å². The van der Waals surface area contributed by atoms with Gasteiger partial charge in [-0.1, -0.05) is 35.1 Å². The number of aromatic nitrogens is 1. The number of benzene rings is 2. The summed E-state index contributed by atoms with van der Waals surface area (Å²) in [5.74, 6) is 0.611. The zero-order chi connectivity index (χ0) is 24.6. The van der Waals surface area contributed by atoms with Gasteiger partial charge in [-0.2, -0.15) is 0 Å². The van der Waals surface area contributed by atoms with Crippen LogP contribution < -0.4 is 24.4 Å². The van der Waals surface area contributed by atoms with E-state index in [0.29, 0.717) is 42.7 Å². The van der Waals surface area contributed by atoms with Crippen molar-refractivity contribution < 1.29 is 19.0 Å². The predicted molar refractivity (Wildman–Crippen MR) is 134 cm³/mol. The van der Waals surface area contributed by atoms with Crippen LogP contribution in [0.4, 0.5) is 0 Å². The molecule has 2 aromatic carbocycles. The average molecular weight is 564 g/mol. The van der Waals surface area contributed by atoms with Crippen LogP contribution in [-0.4, -0.2) is 31.9 Å². The number of hydrogen-bond donors (Lipinski definition) is 0. The van der Waals surface area contributed by atoms with Gasteiger partial charge >= 0.3 is 5.97 Å². The lowest BCUT2D eigenvalue weighted by Gasteiger charge is -2.24. The van der Waals surface area contributed by atoms with Gasteiger partial charge in [0.05, 0.1) is 47.6 Å². The number of methoxy groups -OCH3 is 3. The molecule has 0 N–H and O–H groups in total. The highest BCUT2D eigenvalue weighted by Crippen LogP contribution is 2.34. The van der Waals surface area contributed by atoms with Crippen molar-refractivity contribution >= 4 is 50.9 Å². The number of rotatable bonds is 5. The van der Waals surface area contributed by atoms with Gasteiger partial charge in [0.15, 0.2) is 4.80 Å². The molecule has 0 fully saturated rings. The third-order valence-electron chi connectivity index (χ3n) is 5.40. The molecule has 3 aromatic rings. The van der Waals surface area contributed by atoms with Crippen molar-refractivity contribution in [1.82, 2.24) is 4.57 Å². The van der Waals surface area contributed by atoms with Gasteiger partial charge in [0.2, 0.25) is 0 Å². The molecule has 7 nitrogen and oxygen atoms in total. The van der Waals surface area contributed by atoms with E-state index < -0.39 is 12.0 Å². The second-order valence-corrected chi connectivity index (χ2v) is 9.65. The first-order valence-electron chi connectivity index (χ1n) is 10.1. The molecule has 34 heavy (non-hydrogen) atoms. The molecule has 1 aromatic heterocycles. The molecular formula is C24H20BrClN2O5S. The Hall–Kier alpha value is -2.88. The van der Waals surface area contributed by atoms with E-state index in [9.17, 15) is 9.59 Å². The Kier molecular flexibility index (Phi) is 6.97. The number of nitrogens with zero attached hydrogens (tertiary/aromatic N) is 2. The van der Waals surface area contributed by atoms with Gasteiger partial charge < -0.3 is 14.2 Å². The lowest BCUT2D eigenvalue weighted by Crippen LogP contribution is -2.39. The quantitative estimate of drug-likeness (QED) is 0.441. The largest absolute Gasteiger partial charge is 0.496 e. The van der Waals surface area contributed by atoms with Crippen LogP contribution in [0.1, 0.15) is 24.1 Å². The lowest BCUT2D eigenvalue weighted by atomic mass is 9.96. The third-order valence-corrected chi connectivity index (χ3v) is 7.26. The summed E-state index contributed by atoms with van der Waals surface area (Å²) >= 11 is 10.8. The fourth-order valence-electron chi connectivity index (χ4n) is 3.79. The Bertz CT molecular complexity index is 1490. The van der Waals surface area contributed by atoms with Crippen LogP contribution in [0, 0.1) is 0 Å². The Labute approximate surface area is 212 Å². The number of hydrogen-bond acceptors (Lipinski definition) is 7. The van der Waals surface area contributed by atoms with Crippen molar-refractivity contribution in [2.24, 2.45) is 4.99 Å². The highest BCUT2D eigenvalue weighted by Gasteiger charge is 2.33. The molecule has 0 spiro atoms. The molecule has 0 amide bonds. The van der Waals surface area contributed by atoms with Crippen molar-refractivity contribution in [3.05, 3.63) is 88.0 Å². The molecule has 0 saturated carbocycles. The number of fused-ring (bicyclic) bond motifs is 1. The maximum atomic E-state index is 13.6. The standard InChI is InChI=1S/C24H20BrClN2O5S/c1-12-20(23(30)33-4)21(13-5-7-15(26)8-6-13)28-22(29)19(34-24(28)27-12)10-14-9-16(25)18(32-3)11-17(14)31-2/h5-11,21H,1-4H3/b19-10-/t21-/m1/s1. The second kappa shape index (κ2) is 9.77. The monoisotopic (exact) mass is 562 g/mol. The molecule has 1 aliphatic rings. The van der Waals surface area contributed by atoms with Crippen LogP contribution in [0.3, 0.4) is 0 Å². The highest BCUT2D eigenvalue weighted by molar-refractivity contribution is 9.10. The van der Waals surface area contributed by atoms with Gasteiger partial charge in [0, 0.05) is 16.7 Å². The smallest absolute Gasteiger partial charge is 0.338 e. The van der Waals surface area contributed by atoms with Crippen LogP contribution >= 0.6 is 38.9 Å². The van der Waals surface area contributed by atoms with Crippen LogP contribution in [0.25, 0.3) is 6.08 Å². The number of ether oxygens (including phenoxy) is 3. The summed E-state index contributed by atoms with van der Waals surface area (Å²) in [6, 6.07) is 9.87. The topological polar surface area (TPSA) is 79.1 Å². The first-order chi connectivity index (χ1) is 16.3. The lowest BCUT2D eigenvalue weighted by molar-refractivity contribution is -0.136. The Morgan fingerprint density at radius 2 is 1.82 bits per heavy atom. The molecule has 2 heterocycles. The minimum atomic E-state index is -0.701. The third kappa shape index (κ3) is 4.31. The van der Waals surface area contributed by atoms with E-state index in [4.69, 9.17) is 25.8 Å². The van der Waals surface area contributed by atoms with Crippen LogP contribution in [-0.2, 0) is 9.53 Å². The SMILES string of the molecule is COC(=O)C1=C(C)N=c2s/c(=C\c3cc(Br)c(OC)cc3OC)c(=O)n2[C@@H]1c1ccc(Cl)cc1. The van der Waals surface area contributed by atoms with E-state index in [1.54, 1.807) is 57.6 Å². The normalized spacial score (nSPS) is 15.6. The summed E-state index contributed by atoms with van der Waals surface area (Å²) in [6.07, 6.45) is 1.74. The van der Waals surface area contributed by atoms with Gasteiger partial charge in [-0.3, -0.25) is 9.36 Å². The maximum Gasteiger partial charge on any atom is 0.338 e. The Morgan fingerprint density at radius 3 is 2.44 bits per heavy atom. The second-order valence-electron chi connectivity index (χ2n) is 7.35. The van der Waals surface area contributed by atoms with Gasteiger partial charge in [0.25, 0.3) is 5.56 Å². The van der Waals surface area contributed by atoms with Gasteiger partial charge in [-0.05, 0) is 52.7 Å². The van der Waals surface area contributed by atoms with Crippen molar-refractivity contribution in [3.63, 3.8) is 0 Å². The molecule has 1 atom stereocenters. The van der Waals surface area contributed by atoms with E-state index in [1.165, 1.54) is 23.0 Å². The predicted octanol–water partition coefficient (Wildman–Crippen LogP) is 3.84. The zero-order valence-electron chi connectivity index (χ0n) is 18.7. The molecule has 0 saturated heterocycles. The molecule has 1 aliphatic heterocycles. The number of carbonyl (C=O) groups is 1. The van der Waals surface area contributed by atoms with E-state index in [2.05, 4.69) is 20.9 Å². The highest BCUT2D eigenvalue weighted by atomic mass is 79.9. The first-order valence-corrected chi connectivity index (χ1v) is 12.1. The van der Waals surface area contributed by atoms with Gasteiger partial charge in [-0.25, -0.2) is 9.79 Å². The van der Waals surface area contributed by atoms with E-state index in [0.717, 1.165) is 10.0 Å². The molecule has 176 valence electrons. The summed E-state index contributed by atoms with van der Waals surface area (Å²) in [7, 11) is 4.42. The van der Waals surface area contributed by atoms with Crippen molar-refractivity contribution in [2.45, 2.75) is 13.0 Å². The summed E-state index contributed by atoms with van der Waals surface area (Å²) in [4.78, 5) is 31.4. The average Bonchev–Trinajstić information content (AvgIpc) is 3.13. The molecule has 0 radical (unpaired) electrons. The van der Waals surface area contributed by atoms with Crippen molar-refractivity contribution in [2.75, 3.05) is 21.3 Å². The van der Waals surface area contributed by atoms with E-state index >= 15 is 0 Å². The van der Waals surface area contributed by atoms with Crippen LogP contribution in [0.2, 0.25) is 5.02 Å². The summed E-state index contributed by atoms with van der Waals surface area (Å²) in [5.41, 5.74) is 1.91. The van der Waals surface area contributed by atoms with E-state index in [-0.39, 0.29) is 5.56 Å². The fraction of sp³-hybridized carbons (Fsp3) is 0.208. The minimum Gasteiger partial charge on any atom is -0.496 e. The number of esters is 1. The molecule has 4 rings (SSSR count). The van der Waals surface area contributed by atoms with Crippen molar-refractivity contribution in [3.8, 4) is 11.5 Å². The molecular weight excluding hydrogens is 544 g/mol. The maximum absolute atomic E-state index is 13.6. The van der Waals surface area contributed by atoms with Crippen LogP contribution in [0.5, 0.6) is 11.5 Å². The number of carbonyl (C=O) groups excluding carboxylic acids is 1. The number of allylic oxidation sites excluding steroid dienone is 1.